The Balaban J connectivity index is 1.14. The van der Waals surface area contributed by atoms with Crippen molar-refractivity contribution in [3.8, 4) is 5.75 Å². The molecule has 1 atom stereocenters. The van der Waals surface area contributed by atoms with Gasteiger partial charge in [-0.15, -0.1) is 0 Å². The van der Waals surface area contributed by atoms with Gasteiger partial charge in [0.2, 0.25) is 5.91 Å². The third-order valence-corrected chi connectivity index (χ3v) is 8.59. The van der Waals surface area contributed by atoms with Crippen LogP contribution in [0.1, 0.15) is 39.1 Å². The van der Waals surface area contributed by atoms with Crippen LogP contribution in [0, 0.1) is 5.92 Å². The molecule has 0 spiro atoms. The molecular formula is C32H33ClN4O4. The number of amides is 3. The number of nitrogens with zero attached hydrogens (tertiary/aromatic N) is 4. The van der Waals surface area contributed by atoms with Gasteiger partial charge in [-0.2, -0.15) is 0 Å². The standard InChI is InChI=1S/C32H33ClN4O4/c1-41-26-12-10-22(11-13-26)20-37-31(39)27-8-3-9-28(29(27)32(37)40)36-14-4-5-23(21-36)30(38)35-17-15-34(16-18-35)25-7-2-6-24(33)19-25/h2-3,6-13,19,23H,4-5,14-18,20-21H2,1H3. The molecule has 3 aliphatic heterocycles. The molecule has 2 saturated heterocycles. The molecule has 0 saturated carbocycles. The third kappa shape index (κ3) is 5.36. The topological polar surface area (TPSA) is 73.4 Å². The van der Waals surface area contributed by atoms with Crippen molar-refractivity contribution in [3.05, 3.63) is 88.4 Å². The highest BCUT2D eigenvalue weighted by atomic mass is 35.5. The van der Waals surface area contributed by atoms with E-state index in [0.29, 0.717) is 35.8 Å². The number of piperazine rings is 1. The SMILES string of the molecule is COc1ccc(CN2C(=O)c3cccc(N4CCCC(C(=O)N5CCN(c6cccc(Cl)c6)CC5)C4)c3C2=O)cc1. The molecule has 3 aromatic carbocycles. The number of halogens is 1. The van der Waals surface area contributed by atoms with Crippen LogP contribution in [0.3, 0.4) is 0 Å². The van der Waals surface area contributed by atoms with Crippen molar-refractivity contribution in [2.75, 3.05) is 56.2 Å². The number of hydrogen-bond donors (Lipinski definition) is 0. The number of methoxy groups -OCH3 is 1. The fourth-order valence-corrected chi connectivity index (χ4v) is 6.33. The van der Waals surface area contributed by atoms with E-state index in [2.05, 4.69) is 9.80 Å². The Bertz CT molecular complexity index is 1470. The summed E-state index contributed by atoms with van der Waals surface area (Å²) in [6.45, 7) is 4.31. The zero-order chi connectivity index (χ0) is 28.5. The maximum Gasteiger partial charge on any atom is 0.263 e. The van der Waals surface area contributed by atoms with Gasteiger partial charge in [0.15, 0.2) is 0 Å². The summed E-state index contributed by atoms with van der Waals surface area (Å²) in [6, 6.07) is 20.6. The predicted octanol–water partition coefficient (Wildman–Crippen LogP) is 4.71. The van der Waals surface area contributed by atoms with Crippen LogP contribution in [0.2, 0.25) is 5.02 Å². The molecule has 3 aromatic rings. The number of piperidine rings is 1. The van der Waals surface area contributed by atoms with Crippen LogP contribution >= 0.6 is 11.6 Å². The smallest absolute Gasteiger partial charge is 0.263 e. The molecule has 2 fully saturated rings. The van der Waals surface area contributed by atoms with Gasteiger partial charge in [0.05, 0.1) is 36.4 Å². The number of benzene rings is 3. The molecule has 0 radical (unpaired) electrons. The number of ether oxygens (including phenoxy) is 1. The van der Waals surface area contributed by atoms with Crippen LogP contribution in [0.4, 0.5) is 11.4 Å². The Morgan fingerprint density at radius 2 is 1.66 bits per heavy atom. The average molecular weight is 573 g/mol. The van der Waals surface area contributed by atoms with E-state index in [-0.39, 0.29) is 30.2 Å². The molecule has 3 aliphatic rings. The Morgan fingerprint density at radius 1 is 0.902 bits per heavy atom. The Labute approximate surface area is 245 Å². The summed E-state index contributed by atoms with van der Waals surface area (Å²) in [5, 5.41) is 0.708. The Morgan fingerprint density at radius 3 is 2.39 bits per heavy atom. The molecule has 0 bridgehead atoms. The lowest BCUT2D eigenvalue weighted by Crippen LogP contribution is -2.52. The number of fused-ring (bicyclic) bond motifs is 1. The summed E-state index contributed by atoms with van der Waals surface area (Å²) in [6.07, 6.45) is 1.66. The zero-order valence-electron chi connectivity index (χ0n) is 23.1. The van der Waals surface area contributed by atoms with E-state index in [1.807, 2.05) is 65.6 Å². The maximum atomic E-state index is 13.6. The molecule has 3 amide bonds. The second-order valence-corrected chi connectivity index (χ2v) is 11.3. The van der Waals surface area contributed by atoms with E-state index in [4.69, 9.17) is 16.3 Å². The average Bonchev–Trinajstić information content (AvgIpc) is 3.26. The van der Waals surface area contributed by atoms with Crippen LogP contribution in [-0.4, -0.2) is 73.9 Å². The highest BCUT2D eigenvalue weighted by molar-refractivity contribution is 6.30. The first-order valence-electron chi connectivity index (χ1n) is 14.1. The fourth-order valence-electron chi connectivity index (χ4n) is 6.15. The lowest BCUT2D eigenvalue weighted by molar-refractivity contribution is -0.136. The summed E-state index contributed by atoms with van der Waals surface area (Å²) >= 11 is 6.17. The van der Waals surface area contributed by atoms with E-state index in [9.17, 15) is 14.4 Å². The van der Waals surface area contributed by atoms with Crippen molar-refractivity contribution in [1.82, 2.24) is 9.80 Å². The largest absolute Gasteiger partial charge is 0.497 e. The van der Waals surface area contributed by atoms with Gasteiger partial charge < -0.3 is 19.4 Å². The maximum absolute atomic E-state index is 13.6. The van der Waals surface area contributed by atoms with Crippen molar-refractivity contribution >= 4 is 40.7 Å². The molecule has 8 nitrogen and oxygen atoms in total. The van der Waals surface area contributed by atoms with Gasteiger partial charge in [-0.3, -0.25) is 19.3 Å². The van der Waals surface area contributed by atoms with Gasteiger partial charge in [0.25, 0.3) is 11.8 Å². The number of rotatable bonds is 6. The van der Waals surface area contributed by atoms with Crippen molar-refractivity contribution in [2.24, 2.45) is 5.92 Å². The van der Waals surface area contributed by atoms with Gasteiger partial charge in [-0.25, -0.2) is 0 Å². The quantitative estimate of drug-likeness (QED) is 0.398. The molecule has 41 heavy (non-hydrogen) atoms. The minimum atomic E-state index is -0.290. The van der Waals surface area contributed by atoms with E-state index in [1.165, 1.54) is 4.90 Å². The van der Waals surface area contributed by atoms with Crippen molar-refractivity contribution in [1.29, 1.82) is 0 Å². The van der Waals surface area contributed by atoms with Crippen LogP contribution < -0.4 is 14.5 Å². The Kier molecular flexibility index (Phi) is 7.58. The van der Waals surface area contributed by atoms with Gasteiger partial charge in [-0.05, 0) is 60.9 Å². The lowest BCUT2D eigenvalue weighted by atomic mass is 9.94. The Hall–Kier alpha value is -4.04. The molecule has 0 aromatic heterocycles. The van der Waals surface area contributed by atoms with E-state index in [0.717, 1.165) is 55.2 Å². The monoisotopic (exact) mass is 572 g/mol. The first kappa shape index (κ1) is 27.1. The second-order valence-electron chi connectivity index (χ2n) is 10.8. The lowest BCUT2D eigenvalue weighted by Gasteiger charge is -2.40. The first-order valence-corrected chi connectivity index (χ1v) is 14.5. The van der Waals surface area contributed by atoms with Crippen LogP contribution in [0.5, 0.6) is 5.75 Å². The minimum Gasteiger partial charge on any atom is -0.497 e. The van der Waals surface area contributed by atoms with Crippen LogP contribution in [0.15, 0.2) is 66.7 Å². The molecule has 3 heterocycles. The second kappa shape index (κ2) is 11.4. The van der Waals surface area contributed by atoms with E-state index >= 15 is 0 Å². The van der Waals surface area contributed by atoms with E-state index < -0.39 is 0 Å². The molecule has 6 rings (SSSR count). The van der Waals surface area contributed by atoms with Crippen molar-refractivity contribution in [3.63, 3.8) is 0 Å². The first-order chi connectivity index (χ1) is 19.9. The molecule has 212 valence electrons. The third-order valence-electron chi connectivity index (χ3n) is 8.35. The number of hydrogen-bond acceptors (Lipinski definition) is 6. The van der Waals surface area contributed by atoms with Crippen molar-refractivity contribution < 1.29 is 19.1 Å². The normalized spacial score (nSPS) is 19.0. The van der Waals surface area contributed by atoms with Gasteiger partial charge >= 0.3 is 0 Å². The zero-order valence-corrected chi connectivity index (χ0v) is 23.8. The number of carbonyl (C=O) groups excluding carboxylic acids is 3. The summed E-state index contributed by atoms with van der Waals surface area (Å²) in [7, 11) is 1.60. The minimum absolute atomic E-state index is 0.153. The fraction of sp³-hybridized carbons (Fsp3) is 0.344. The summed E-state index contributed by atoms with van der Waals surface area (Å²) in [5.41, 5.74) is 3.52. The molecular weight excluding hydrogens is 540 g/mol. The molecule has 0 aliphatic carbocycles. The molecule has 1 unspecified atom stereocenters. The number of carbonyl (C=O) groups is 3. The van der Waals surface area contributed by atoms with Crippen LogP contribution in [0.25, 0.3) is 0 Å². The van der Waals surface area contributed by atoms with Gasteiger partial charge in [-0.1, -0.05) is 35.9 Å². The number of anilines is 2. The van der Waals surface area contributed by atoms with Gasteiger partial charge in [0, 0.05) is 50.0 Å². The predicted molar refractivity (Wildman–Crippen MR) is 159 cm³/mol. The van der Waals surface area contributed by atoms with E-state index in [1.54, 1.807) is 13.2 Å². The van der Waals surface area contributed by atoms with Crippen molar-refractivity contribution in [2.45, 2.75) is 19.4 Å². The summed E-state index contributed by atoms with van der Waals surface area (Å²) < 4.78 is 5.22. The van der Waals surface area contributed by atoms with Gasteiger partial charge in [0.1, 0.15) is 5.75 Å². The molecule has 0 N–H and O–H groups in total. The van der Waals surface area contributed by atoms with Crippen LogP contribution in [-0.2, 0) is 11.3 Å². The molecule has 9 heteroatoms. The summed E-state index contributed by atoms with van der Waals surface area (Å²) in [5.74, 6) is 0.152. The number of imide groups is 1. The highest BCUT2D eigenvalue weighted by Crippen LogP contribution is 2.35. The highest BCUT2D eigenvalue weighted by Gasteiger charge is 2.40. The summed E-state index contributed by atoms with van der Waals surface area (Å²) in [4.78, 5) is 48.1.